The van der Waals surface area contributed by atoms with Crippen LogP contribution in [0, 0.1) is 0 Å². The lowest BCUT2D eigenvalue weighted by atomic mass is 10.2. The highest BCUT2D eigenvalue weighted by Gasteiger charge is 2.05. The van der Waals surface area contributed by atoms with Crippen LogP contribution in [0.15, 0.2) is 17.1 Å². The number of hydrogen-bond acceptors (Lipinski definition) is 2. The number of aromatic amines is 2. The molecule has 0 amide bonds. The van der Waals surface area contributed by atoms with Crippen molar-refractivity contribution in [3.63, 3.8) is 0 Å². The lowest BCUT2D eigenvalue weighted by molar-refractivity contribution is 0.799. The van der Waals surface area contributed by atoms with Gasteiger partial charge in [-0.2, -0.15) is 0 Å². The van der Waals surface area contributed by atoms with Crippen molar-refractivity contribution in [1.29, 1.82) is 0 Å². The highest BCUT2D eigenvalue weighted by molar-refractivity contribution is 5.73. The molecule has 0 fully saturated rings. The number of aromatic nitrogens is 3. The Morgan fingerprint density at radius 2 is 2.23 bits per heavy atom. The number of nitrogens with one attached hydrogen (secondary N) is 2. The number of fused-ring (bicyclic) bond motifs is 1. The van der Waals surface area contributed by atoms with E-state index in [9.17, 15) is 4.79 Å². The number of H-pyrrole nitrogens is 2. The molecule has 0 radical (unpaired) electrons. The molecule has 0 saturated carbocycles. The van der Waals surface area contributed by atoms with Gasteiger partial charge in [-0.05, 0) is 0 Å². The molecule has 0 unspecified atom stereocenters. The lowest BCUT2D eigenvalue weighted by Crippen LogP contribution is -2.00. The minimum atomic E-state index is -0.116. The zero-order valence-electron chi connectivity index (χ0n) is 7.59. The molecule has 2 rings (SSSR count). The van der Waals surface area contributed by atoms with E-state index in [0.29, 0.717) is 5.92 Å². The van der Waals surface area contributed by atoms with Crippen molar-refractivity contribution in [3.8, 4) is 0 Å². The maximum atomic E-state index is 11.0. The van der Waals surface area contributed by atoms with Gasteiger partial charge in [-0.15, -0.1) is 0 Å². The molecule has 0 bridgehead atoms. The molecule has 0 aliphatic carbocycles. The maximum absolute atomic E-state index is 11.0. The predicted molar refractivity (Wildman–Crippen MR) is 50.8 cm³/mol. The number of pyridine rings is 1. The minimum absolute atomic E-state index is 0.116. The largest absolute Gasteiger partial charge is 0.341 e. The summed E-state index contributed by atoms with van der Waals surface area (Å²) in [5.74, 6) is 1.26. The van der Waals surface area contributed by atoms with Crippen molar-refractivity contribution in [2.45, 2.75) is 19.8 Å². The lowest BCUT2D eigenvalue weighted by Gasteiger charge is -1.95. The first-order valence-corrected chi connectivity index (χ1v) is 4.25. The van der Waals surface area contributed by atoms with E-state index in [-0.39, 0.29) is 5.56 Å². The van der Waals surface area contributed by atoms with Crippen molar-refractivity contribution in [3.05, 3.63) is 28.4 Å². The van der Waals surface area contributed by atoms with Gasteiger partial charge >= 0.3 is 0 Å². The van der Waals surface area contributed by atoms with Crippen molar-refractivity contribution in [2.75, 3.05) is 0 Å². The molecule has 0 aromatic carbocycles. The summed E-state index contributed by atoms with van der Waals surface area (Å²) in [5.41, 5.74) is 1.49. The predicted octanol–water partition coefficient (Wildman–Crippen LogP) is 1.37. The first kappa shape index (κ1) is 8.04. The topological polar surface area (TPSA) is 61.5 Å². The fourth-order valence-corrected chi connectivity index (χ4v) is 1.22. The van der Waals surface area contributed by atoms with E-state index in [4.69, 9.17) is 0 Å². The van der Waals surface area contributed by atoms with Gasteiger partial charge in [0.2, 0.25) is 5.56 Å². The minimum Gasteiger partial charge on any atom is -0.341 e. The molecule has 0 saturated heterocycles. The first-order chi connectivity index (χ1) is 6.16. The van der Waals surface area contributed by atoms with Crippen molar-refractivity contribution in [2.24, 2.45) is 0 Å². The van der Waals surface area contributed by atoms with Crippen LogP contribution in [0.5, 0.6) is 0 Å². The maximum Gasteiger partial charge on any atom is 0.250 e. The molecule has 2 heterocycles. The third-order valence-corrected chi connectivity index (χ3v) is 1.95. The highest BCUT2D eigenvalue weighted by atomic mass is 16.1. The van der Waals surface area contributed by atoms with Crippen LogP contribution in [0.1, 0.15) is 25.6 Å². The fraction of sp³-hybridized carbons (Fsp3) is 0.333. The Morgan fingerprint density at radius 1 is 1.46 bits per heavy atom. The van der Waals surface area contributed by atoms with Crippen LogP contribution in [0.25, 0.3) is 11.0 Å². The number of nitrogens with zero attached hydrogens (tertiary/aromatic N) is 1. The zero-order valence-corrected chi connectivity index (χ0v) is 7.59. The van der Waals surface area contributed by atoms with Crippen LogP contribution < -0.4 is 5.56 Å². The standard InChI is InChI=1S/C9H11N3O/c1-5(2)9-11-6-3-8(13)10-4-7(6)12-9/h3-5H,1-2H3,(H,10,13)(H,11,12). The van der Waals surface area contributed by atoms with Crippen LogP contribution in [-0.2, 0) is 0 Å². The molecular weight excluding hydrogens is 166 g/mol. The van der Waals surface area contributed by atoms with Gasteiger partial charge in [0, 0.05) is 18.2 Å². The van der Waals surface area contributed by atoms with Gasteiger partial charge in [-0.1, -0.05) is 13.8 Å². The monoisotopic (exact) mass is 177 g/mol. The summed E-state index contributed by atoms with van der Waals surface area (Å²) in [7, 11) is 0. The van der Waals surface area contributed by atoms with Crippen molar-refractivity contribution < 1.29 is 0 Å². The van der Waals surface area contributed by atoms with E-state index in [0.717, 1.165) is 16.9 Å². The molecule has 0 atom stereocenters. The van der Waals surface area contributed by atoms with Gasteiger partial charge in [-0.25, -0.2) is 4.98 Å². The van der Waals surface area contributed by atoms with Crippen LogP contribution in [0.4, 0.5) is 0 Å². The number of hydrogen-bond donors (Lipinski definition) is 2. The third kappa shape index (κ3) is 1.35. The van der Waals surface area contributed by atoms with Crippen LogP contribution in [0.3, 0.4) is 0 Å². The Labute approximate surface area is 75.0 Å². The summed E-state index contributed by atoms with van der Waals surface area (Å²) < 4.78 is 0. The van der Waals surface area contributed by atoms with E-state index < -0.39 is 0 Å². The Hall–Kier alpha value is -1.58. The number of imidazole rings is 1. The van der Waals surface area contributed by atoms with Gasteiger partial charge in [-0.3, -0.25) is 4.79 Å². The van der Waals surface area contributed by atoms with Gasteiger partial charge in [0.1, 0.15) is 5.82 Å². The van der Waals surface area contributed by atoms with E-state index >= 15 is 0 Å². The molecule has 2 aromatic rings. The Kier molecular flexibility index (Phi) is 1.69. The molecule has 4 heteroatoms. The van der Waals surface area contributed by atoms with Crippen molar-refractivity contribution >= 4 is 11.0 Å². The van der Waals surface area contributed by atoms with Crippen molar-refractivity contribution in [1.82, 2.24) is 15.0 Å². The SMILES string of the molecule is CC(C)c1nc2cc(=O)[nH]cc2[nH]1. The molecular formula is C9H11N3O. The average molecular weight is 177 g/mol. The Morgan fingerprint density at radius 3 is 2.92 bits per heavy atom. The molecule has 0 aliphatic rings. The zero-order chi connectivity index (χ0) is 9.42. The summed E-state index contributed by atoms with van der Waals surface area (Å²) in [6, 6.07) is 1.50. The summed E-state index contributed by atoms with van der Waals surface area (Å²) in [6.45, 7) is 4.11. The van der Waals surface area contributed by atoms with Gasteiger partial charge < -0.3 is 9.97 Å². The van der Waals surface area contributed by atoms with Gasteiger partial charge in [0.15, 0.2) is 0 Å². The van der Waals surface area contributed by atoms with E-state index in [1.807, 2.05) is 0 Å². The third-order valence-electron chi connectivity index (χ3n) is 1.95. The van der Waals surface area contributed by atoms with Crippen LogP contribution in [0.2, 0.25) is 0 Å². The molecule has 0 aliphatic heterocycles. The summed E-state index contributed by atoms with van der Waals surface area (Å²) in [6.07, 6.45) is 1.65. The smallest absolute Gasteiger partial charge is 0.250 e. The van der Waals surface area contributed by atoms with E-state index in [1.54, 1.807) is 6.20 Å². The first-order valence-electron chi connectivity index (χ1n) is 4.25. The molecule has 0 spiro atoms. The molecule has 2 aromatic heterocycles. The Balaban J connectivity index is 2.69. The van der Waals surface area contributed by atoms with E-state index in [1.165, 1.54) is 6.07 Å². The second kappa shape index (κ2) is 2.73. The quantitative estimate of drug-likeness (QED) is 0.691. The molecule has 4 nitrogen and oxygen atoms in total. The van der Waals surface area contributed by atoms with Crippen LogP contribution >= 0.6 is 0 Å². The molecule has 13 heavy (non-hydrogen) atoms. The highest BCUT2D eigenvalue weighted by Crippen LogP contribution is 2.14. The van der Waals surface area contributed by atoms with Gasteiger partial charge in [0.05, 0.1) is 11.0 Å². The molecule has 2 N–H and O–H groups in total. The fourth-order valence-electron chi connectivity index (χ4n) is 1.22. The normalized spacial score (nSPS) is 11.3. The van der Waals surface area contributed by atoms with Crippen LogP contribution in [-0.4, -0.2) is 15.0 Å². The summed E-state index contributed by atoms with van der Waals surface area (Å²) >= 11 is 0. The van der Waals surface area contributed by atoms with E-state index in [2.05, 4.69) is 28.8 Å². The summed E-state index contributed by atoms with van der Waals surface area (Å²) in [4.78, 5) is 21.0. The summed E-state index contributed by atoms with van der Waals surface area (Å²) in [5, 5.41) is 0. The Bertz CT molecular complexity index is 481. The second-order valence-corrected chi connectivity index (χ2v) is 3.37. The second-order valence-electron chi connectivity index (χ2n) is 3.37. The van der Waals surface area contributed by atoms with Gasteiger partial charge in [0.25, 0.3) is 0 Å². The number of rotatable bonds is 1. The molecule has 68 valence electrons. The average Bonchev–Trinajstić information content (AvgIpc) is 2.46.